The standard InChI is InChI=1S/C16H19NOS/c1-4-18-14-6-5-7-15(16(14)17)19-13-9-8-11(2)12(3)10-13/h5-10H,4,17H2,1-3H3. The zero-order valence-corrected chi connectivity index (χ0v) is 12.4. The maximum absolute atomic E-state index is 6.14. The van der Waals surface area contributed by atoms with Crippen LogP contribution in [0.3, 0.4) is 0 Å². The predicted octanol–water partition coefficient (Wildman–Crippen LogP) is 4.44. The summed E-state index contributed by atoms with van der Waals surface area (Å²) >= 11 is 1.67. The molecule has 0 bridgehead atoms. The lowest BCUT2D eigenvalue weighted by Gasteiger charge is -2.11. The summed E-state index contributed by atoms with van der Waals surface area (Å²) in [7, 11) is 0. The van der Waals surface area contributed by atoms with Crippen LogP contribution in [0, 0.1) is 13.8 Å². The van der Waals surface area contributed by atoms with Crippen LogP contribution in [0.15, 0.2) is 46.2 Å². The minimum atomic E-state index is 0.627. The third-order valence-corrected chi connectivity index (χ3v) is 4.10. The summed E-state index contributed by atoms with van der Waals surface area (Å²) in [6.45, 7) is 6.83. The van der Waals surface area contributed by atoms with Crippen LogP contribution in [-0.4, -0.2) is 6.61 Å². The highest BCUT2D eigenvalue weighted by Gasteiger charge is 2.07. The van der Waals surface area contributed by atoms with Crippen molar-refractivity contribution in [1.29, 1.82) is 0 Å². The van der Waals surface area contributed by atoms with Crippen molar-refractivity contribution in [3.8, 4) is 5.75 Å². The van der Waals surface area contributed by atoms with Crippen LogP contribution in [0.2, 0.25) is 0 Å². The van der Waals surface area contributed by atoms with Gasteiger partial charge in [-0.3, -0.25) is 0 Å². The number of rotatable bonds is 4. The first-order valence-corrected chi connectivity index (χ1v) is 7.20. The highest BCUT2D eigenvalue weighted by atomic mass is 32.2. The molecular weight excluding hydrogens is 254 g/mol. The lowest BCUT2D eigenvalue weighted by molar-refractivity contribution is 0.341. The van der Waals surface area contributed by atoms with Gasteiger partial charge in [-0.05, 0) is 56.2 Å². The van der Waals surface area contributed by atoms with Crippen LogP contribution >= 0.6 is 11.8 Å². The Morgan fingerprint density at radius 2 is 1.89 bits per heavy atom. The van der Waals surface area contributed by atoms with Crippen LogP contribution in [0.5, 0.6) is 5.75 Å². The van der Waals surface area contributed by atoms with Crippen molar-refractivity contribution in [2.45, 2.75) is 30.6 Å². The molecule has 3 heteroatoms. The topological polar surface area (TPSA) is 35.2 Å². The number of hydrogen-bond acceptors (Lipinski definition) is 3. The predicted molar refractivity (Wildman–Crippen MR) is 82.1 cm³/mol. The summed E-state index contributed by atoms with van der Waals surface area (Å²) in [5.74, 6) is 0.760. The minimum Gasteiger partial charge on any atom is -0.492 e. The Morgan fingerprint density at radius 1 is 1.11 bits per heavy atom. The number of nitrogen functional groups attached to an aromatic ring is 1. The van der Waals surface area contributed by atoms with Gasteiger partial charge in [0.2, 0.25) is 0 Å². The molecule has 2 aromatic rings. The van der Waals surface area contributed by atoms with E-state index in [1.165, 1.54) is 16.0 Å². The summed E-state index contributed by atoms with van der Waals surface area (Å²) in [5, 5.41) is 0. The summed E-state index contributed by atoms with van der Waals surface area (Å²) < 4.78 is 5.52. The lowest BCUT2D eigenvalue weighted by atomic mass is 10.1. The van der Waals surface area contributed by atoms with Crippen molar-refractivity contribution in [2.24, 2.45) is 0 Å². The molecule has 0 amide bonds. The fourth-order valence-electron chi connectivity index (χ4n) is 1.80. The molecule has 0 spiro atoms. The number of benzene rings is 2. The Morgan fingerprint density at radius 3 is 2.58 bits per heavy atom. The molecule has 2 rings (SSSR count). The minimum absolute atomic E-state index is 0.627. The van der Waals surface area contributed by atoms with E-state index in [1.807, 2.05) is 25.1 Å². The first kappa shape index (κ1) is 13.8. The number of nitrogens with two attached hydrogens (primary N) is 1. The molecule has 19 heavy (non-hydrogen) atoms. The fraction of sp³-hybridized carbons (Fsp3) is 0.250. The quantitative estimate of drug-likeness (QED) is 0.837. The van der Waals surface area contributed by atoms with Crippen LogP contribution in [0.25, 0.3) is 0 Å². The molecule has 0 fully saturated rings. The van der Waals surface area contributed by atoms with E-state index in [0.29, 0.717) is 12.3 Å². The smallest absolute Gasteiger partial charge is 0.143 e. The fourth-order valence-corrected chi connectivity index (χ4v) is 2.78. The zero-order valence-electron chi connectivity index (χ0n) is 11.6. The van der Waals surface area contributed by atoms with Gasteiger partial charge in [-0.15, -0.1) is 0 Å². The highest BCUT2D eigenvalue weighted by Crippen LogP contribution is 2.37. The third-order valence-electron chi connectivity index (χ3n) is 3.03. The van der Waals surface area contributed by atoms with Crippen molar-refractivity contribution in [1.82, 2.24) is 0 Å². The maximum Gasteiger partial charge on any atom is 0.143 e. The van der Waals surface area contributed by atoms with Gasteiger partial charge in [-0.1, -0.05) is 23.9 Å². The van der Waals surface area contributed by atoms with E-state index in [0.717, 1.165) is 10.6 Å². The molecule has 0 aliphatic rings. The molecule has 0 aliphatic carbocycles. The SMILES string of the molecule is CCOc1cccc(Sc2ccc(C)c(C)c2)c1N. The van der Waals surface area contributed by atoms with Gasteiger partial charge in [0.15, 0.2) is 0 Å². The van der Waals surface area contributed by atoms with E-state index in [-0.39, 0.29) is 0 Å². The monoisotopic (exact) mass is 273 g/mol. The summed E-state index contributed by atoms with van der Waals surface area (Å²) in [6, 6.07) is 12.4. The second kappa shape index (κ2) is 6.02. The number of para-hydroxylation sites is 1. The molecule has 0 radical (unpaired) electrons. The van der Waals surface area contributed by atoms with Gasteiger partial charge in [0.25, 0.3) is 0 Å². The molecule has 100 valence electrons. The van der Waals surface area contributed by atoms with Crippen molar-refractivity contribution in [3.63, 3.8) is 0 Å². The Bertz CT molecular complexity index is 581. The van der Waals surface area contributed by atoms with Crippen LogP contribution in [0.1, 0.15) is 18.1 Å². The summed E-state index contributed by atoms with van der Waals surface area (Å²) in [5.41, 5.74) is 9.46. The van der Waals surface area contributed by atoms with E-state index in [9.17, 15) is 0 Å². The number of aryl methyl sites for hydroxylation is 2. The summed E-state index contributed by atoms with van der Waals surface area (Å²) in [4.78, 5) is 2.23. The molecule has 0 aromatic heterocycles. The lowest BCUT2D eigenvalue weighted by Crippen LogP contribution is -1.98. The Balaban J connectivity index is 2.27. The largest absolute Gasteiger partial charge is 0.492 e. The average molecular weight is 273 g/mol. The molecule has 0 saturated carbocycles. The van der Waals surface area contributed by atoms with Gasteiger partial charge < -0.3 is 10.5 Å². The first-order valence-electron chi connectivity index (χ1n) is 6.38. The van der Waals surface area contributed by atoms with Gasteiger partial charge >= 0.3 is 0 Å². The molecule has 2 nitrogen and oxygen atoms in total. The van der Waals surface area contributed by atoms with Crippen molar-refractivity contribution in [2.75, 3.05) is 12.3 Å². The molecule has 0 unspecified atom stereocenters. The Labute approximate surface area is 119 Å². The number of anilines is 1. The van der Waals surface area contributed by atoms with Crippen molar-refractivity contribution in [3.05, 3.63) is 47.5 Å². The average Bonchev–Trinajstić information content (AvgIpc) is 2.39. The Hall–Kier alpha value is -1.61. The van der Waals surface area contributed by atoms with E-state index in [4.69, 9.17) is 10.5 Å². The maximum atomic E-state index is 6.14. The molecular formula is C16H19NOS. The van der Waals surface area contributed by atoms with Gasteiger partial charge in [0.05, 0.1) is 12.3 Å². The van der Waals surface area contributed by atoms with Crippen molar-refractivity contribution < 1.29 is 4.74 Å². The van der Waals surface area contributed by atoms with Crippen molar-refractivity contribution >= 4 is 17.4 Å². The normalized spacial score (nSPS) is 10.5. The van der Waals surface area contributed by atoms with E-state index >= 15 is 0 Å². The first-order chi connectivity index (χ1) is 9.11. The molecule has 2 N–H and O–H groups in total. The number of ether oxygens (including phenoxy) is 1. The van der Waals surface area contributed by atoms with E-state index in [1.54, 1.807) is 11.8 Å². The second-order valence-corrected chi connectivity index (χ2v) is 5.56. The van der Waals surface area contributed by atoms with E-state index in [2.05, 4.69) is 32.0 Å². The highest BCUT2D eigenvalue weighted by molar-refractivity contribution is 7.99. The molecule has 2 aromatic carbocycles. The number of hydrogen-bond donors (Lipinski definition) is 1. The van der Waals surface area contributed by atoms with Crippen LogP contribution in [0.4, 0.5) is 5.69 Å². The summed E-state index contributed by atoms with van der Waals surface area (Å²) in [6.07, 6.45) is 0. The zero-order chi connectivity index (χ0) is 13.8. The third kappa shape index (κ3) is 3.24. The van der Waals surface area contributed by atoms with Gasteiger partial charge in [-0.25, -0.2) is 0 Å². The molecule has 0 atom stereocenters. The van der Waals surface area contributed by atoms with Gasteiger partial charge in [-0.2, -0.15) is 0 Å². The van der Waals surface area contributed by atoms with Gasteiger partial charge in [0, 0.05) is 9.79 Å². The molecule has 0 heterocycles. The molecule has 0 aliphatic heterocycles. The van der Waals surface area contributed by atoms with Crippen LogP contribution < -0.4 is 10.5 Å². The van der Waals surface area contributed by atoms with Gasteiger partial charge in [0.1, 0.15) is 5.75 Å². The van der Waals surface area contributed by atoms with Crippen LogP contribution in [-0.2, 0) is 0 Å². The Kier molecular flexibility index (Phi) is 4.38. The van der Waals surface area contributed by atoms with E-state index < -0.39 is 0 Å². The second-order valence-electron chi connectivity index (χ2n) is 4.45. The molecule has 0 saturated heterocycles.